The van der Waals surface area contributed by atoms with Gasteiger partial charge in [-0.05, 0) is 93.5 Å². The molecule has 2 N–H and O–H groups in total. The first kappa shape index (κ1) is 28.7. The molecule has 0 atom stereocenters. The number of phenolic OH excluding ortho intramolecular Hbond substituents is 1. The molecular formula is C32H36N2O6. The van der Waals surface area contributed by atoms with Crippen LogP contribution in [-0.2, 0) is 32.1 Å². The number of benzene rings is 3. The summed E-state index contributed by atoms with van der Waals surface area (Å²) in [5.41, 5.74) is 3.80. The van der Waals surface area contributed by atoms with Gasteiger partial charge >= 0.3 is 11.9 Å². The second kappa shape index (κ2) is 13.2. The normalized spacial score (nSPS) is 12.5. The van der Waals surface area contributed by atoms with Crippen molar-refractivity contribution in [1.82, 2.24) is 4.90 Å². The van der Waals surface area contributed by atoms with Gasteiger partial charge in [0.15, 0.2) is 0 Å². The molecule has 3 aromatic rings. The summed E-state index contributed by atoms with van der Waals surface area (Å²) in [4.78, 5) is 38.7. The predicted octanol–water partition coefficient (Wildman–Crippen LogP) is 5.82. The fourth-order valence-electron chi connectivity index (χ4n) is 4.65. The van der Waals surface area contributed by atoms with Crippen LogP contribution in [0, 0.1) is 13.8 Å². The van der Waals surface area contributed by atoms with Crippen LogP contribution < -0.4 is 10.1 Å². The molecule has 2 amide bonds. The minimum atomic E-state index is -0.940. The Kier molecular flexibility index (Phi) is 9.43. The largest absolute Gasteiger partial charge is 0.508 e. The van der Waals surface area contributed by atoms with Crippen molar-refractivity contribution in [3.05, 3.63) is 82.9 Å². The van der Waals surface area contributed by atoms with Crippen molar-refractivity contribution in [3.8, 4) is 17.2 Å². The van der Waals surface area contributed by atoms with E-state index in [-0.39, 0.29) is 24.3 Å². The van der Waals surface area contributed by atoms with Crippen LogP contribution in [0.4, 0.5) is 5.69 Å². The number of amides is 2. The highest BCUT2D eigenvalue weighted by Crippen LogP contribution is 2.35. The third-order valence-electron chi connectivity index (χ3n) is 6.80. The molecule has 1 aliphatic rings. The van der Waals surface area contributed by atoms with E-state index in [0.29, 0.717) is 35.7 Å². The van der Waals surface area contributed by atoms with E-state index < -0.39 is 11.9 Å². The Bertz CT molecular complexity index is 1340. The molecule has 0 saturated heterocycles. The molecule has 0 heterocycles. The zero-order valence-electron chi connectivity index (χ0n) is 23.2. The van der Waals surface area contributed by atoms with E-state index in [9.17, 15) is 19.5 Å². The molecule has 1 fully saturated rings. The highest BCUT2D eigenvalue weighted by molar-refractivity contribution is 6.37. The highest BCUT2D eigenvalue weighted by atomic mass is 16.5. The number of carbonyl (C=O) groups is 3. The number of carbonyl (C=O) groups excluding carboxylic acids is 3. The minimum absolute atomic E-state index is 0.0938. The summed E-state index contributed by atoms with van der Waals surface area (Å²) >= 11 is 0. The maximum atomic E-state index is 13.1. The molecule has 1 aliphatic carbocycles. The molecule has 3 aromatic carbocycles. The number of hydrogen-bond donors (Lipinski definition) is 2. The van der Waals surface area contributed by atoms with Crippen molar-refractivity contribution < 1.29 is 29.0 Å². The van der Waals surface area contributed by atoms with Gasteiger partial charge in [0.05, 0.1) is 6.61 Å². The third kappa shape index (κ3) is 7.62. The number of aryl methyl sites for hydroxylation is 3. The summed E-state index contributed by atoms with van der Waals surface area (Å²) in [5, 5.41) is 13.1. The van der Waals surface area contributed by atoms with Crippen LogP contribution in [0.15, 0.2) is 60.7 Å². The summed E-state index contributed by atoms with van der Waals surface area (Å²) in [5.74, 6) is -0.453. The number of nitrogens with zero attached hydrogens (tertiary/aromatic N) is 1. The van der Waals surface area contributed by atoms with Crippen molar-refractivity contribution in [2.45, 2.75) is 65.5 Å². The highest BCUT2D eigenvalue weighted by Gasteiger charge is 2.32. The van der Waals surface area contributed by atoms with E-state index >= 15 is 0 Å². The molecule has 1 saturated carbocycles. The summed E-state index contributed by atoms with van der Waals surface area (Å²) in [6, 6.07) is 18.8. The van der Waals surface area contributed by atoms with Crippen molar-refractivity contribution in [1.29, 1.82) is 0 Å². The molecule has 0 aromatic heterocycles. The van der Waals surface area contributed by atoms with Gasteiger partial charge in [-0.15, -0.1) is 0 Å². The minimum Gasteiger partial charge on any atom is -0.508 e. The quantitative estimate of drug-likeness (QED) is 0.233. The Labute approximate surface area is 234 Å². The van der Waals surface area contributed by atoms with Crippen LogP contribution in [0.1, 0.15) is 54.9 Å². The average molecular weight is 545 g/mol. The van der Waals surface area contributed by atoms with Crippen LogP contribution in [0.3, 0.4) is 0 Å². The lowest BCUT2D eigenvalue weighted by Crippen LogP contribution is -2.32. The van der Waals surface area contributed by atoms with Crippen LogP contribution in [0.25, 0.3) is 0 Å². The number of anilines is 1. The molecule has 40 heavy (non-hydrogen) atoms. The van der Waals surface area contributed by atoms with Gasteiger partial charge in [-0.2, -0.15) is 0 Å². The summed E-state index contributed by atoms with van der Waals surface area (Å²) in [6.07, 6.45) is 4.02. The second-order valence-corrected chi connectivity index (χ2v) is 10.1. The van der Waals surface area contributed by atoms with Crippen LogP contribution >= 0.6 is 0 Å². The van der Waals surface area contributed by atoms with E-state index in [2.05, 4.69) is 17.4 Å². The number of nitrogens with one attached hydrogen (secondary N) is 1. The summed E-state index contributed by atoms with van der Waals surface area (Å²) in [7, 11) is 0. The lowest BCUT2D eigenvalue weighted by atomic mass is 10.1. The zero-order valence-corrected chi connectivity index (χ0v) is 23.2. The smallest absolute Gasteiger partial charge is 0.397 e. The predicted molar refractivity (Wildman–Crippen MR) is 152 cm³/mol. The van der Waals surface area contributed by atoms with Gasteiger partial charge in [-0.3, -0.25) is 9.59 Å². The Morgan fingerprint density at radius 2 is 1.70 bits per heavy atom. The van der Waals surface area contributed by atoms with Crippen molar-refractivity contribution in [2.75, 3.05) is 11.9 Å². The zero-order chi connectivity index (χ0) is 28.6. The van der Waals surface area contributed by atoms with Gasteiger partial charge in [0.2, 0.25) is 5.91 Å². The van der Waals surface area contributed by atoms with Gasteiger partial charge < -0.3 is 24.8 Å². The molecule has 8 nitrogen and oxygen atoms in total. The maximum Gasteiger partial charge on any atom is 0.397 e. The van der Waals surface area contributed by atoms with Crippen LogP contribution in [-0.4, -0.2) is 40.4 Å². The number of esters is 1. The third-order valence-corrected chi connectivity index (χ3v) is 6.80. The fourth-order valence-corrected chi connectivity index (χ4v) is 4.65. The van der Waals surface area contributed by atoms with Gasteiger partial charge in [0, 0.05) is 30.3 Å². The molecule has 0 unspecified atom stereocenters. The van der Waals surface area contributed by atoms with E-state index in [0.717, 1.165) is 36.8 Å². The van der Waals surface area contributed by atoms with Crippen molar-refractivity contribution in [3.63, 3.8) is 0 Å². The van der Waals surface area contributed by atoms with Gasteiger partial charge in [-0.25, -0.2) is 4.79 Å². The number of hydrogen-bond acceptors (Lipinski definition) is 6. The molecule has 0 radical (unpaired) electrons. The van der Waals surface area contributed by atoms with E-state index in [1.807, 2.05) is 36.9 Å². The molecule has 210 valence electrons. The lowest BCUT2D eigenvalue weighted by Gasteiger charge is -2.23. The molecule has 0 aliphatic heterocycles. The molecular weight excluding hydrogens is 508 g/mol. The first-order valence-electron chi connectivity index (χ1n) is 13.7. The summed E-state index contributed by atoms with van der Waals surface area (Å²) < 4.78 is 10.9. The number of rotatable bonds is 11. The first-order chi connectivity index (χ1) is 19.2. The van der Waals surface area contributed by atoms with E-state index in [1.54, 1.807) is 37.3 Å². The topological polar surface area (TPSA) is 105 Å². The number of aromatic hydroxyl groups is 1. The average Bonchev–Trinajstić information content (AvgIpc) is 3.77. The van der Waals surface area contributed by atoms with Gasteiger partial charge in [-0.1, -0.05) is 30.3 Å². The van der Waals surface area contributed by atoms with Crippen molar-refractivity contribution >= 4 is 23.5 Å². The van der Waals surface area contributed by atoms with Gasteiger partial charge in [0.1, 0.15) is 17.2 Å². The molecule has 0 bridgehead atoms. The van der Waals surface area contributed by atoms with E-state index in [4.69, 9.17) is 9.47 Å². The molecule has 0 spiro atoms. The maximum absolute atomic E-state index is 13.1. The van der Waals surface area contributed by atoms with E-state index in [1.165, 1.54) is 5.56 Å². The molecule has 4 rings (SSSR count). The first-order valence-corrected chi connectivity index (χ1v) is 13.7. The van der Waals surface area contributed by atoms with Crippen LogP contribution in [0.2, 0.25) is 0 Å². The SMILES string of the molecule is CCOC(=O)C(=O)Nc1cc(C)c(Oc2ccc(O)c(CN(C(=O)CCCc3ccccc3)C3CC3)c2)c(C)c1. The Morgan fingerprint density at radius 1 is 1.00 bits per heavy atom. The number of ether oxygens (including phenoxy) is 2. The Hall–Kier alpha value is -4.33. The summed E-state index contributed by atoms with van der Waals surface area (Å²) in [6.45, 7) is 5.75. The fraction of sp³-hybridized carbons (Fsp3) is 0.344. The Balaban J connectivity index is 1.43. The second-order valence-electron chi connectivity index (χ2n) is 10.1. The van der Waals surface area contributed by atoms with Gasteiger partial charge in [0.25, 0.3) is 0 Å². The Morgan fingerprint density at radius 3 is 2.35 bits per heavy atom. The van der Waals surface area contributed by atoms with Crippen molar-refractivity contribution in [2.24, 2.45) is 0 Å². The lowest BCUT2D eigenvalue weighted by molar-refractivity contribution is -0.152. The standard InChI is InChI=1S/C32H36N2O6/c1-4-39-32(38)31(37)33-25-17-21(2)30(22(3)18-25)40-27-15-16-28(35)24(19-27)20-34(26-13-14-26)29(36)12-8-11-23-9-6-5-7-10-23/h5-7,9-10,15-19,26,35H,4,8,11-14,20H2,1-3H3,(H,33,37). The monoisotopic (exact) mass is 544 g/mol. The number of phenols is 1. The van der Waals surface area contributed by atoms with Crippen LogP contribution in [0.5, 0.6) is 17.2 Å². The molecule has 8 heteroatoms.